The second-order valence-electron chi connectivity index (χ2n) is 1.14. The van der Waals surface area contributed by atoms with E-state index in [-0.39, 0.29) is 5.88 Å². The zero-order valence-electron chi connectivity index (χ0n) is 4.36. The summed E-state index contributed by atoms with van der Waals surface area (Å²) in [6.45, 7) is 0. The largest absolute Gasteiger partial charge is 0.468 e. The minimum atomic E-state index is -0.707. The fraction of sp³-hybridized carbons (Fsp3) is 0.750. The first-order chi connectivity index (χ1) is 3.72. The van der Waals surface area contributed by atoms with Crippen LogP contribution in [0, 0.1) is 0 Å². The summed E-state index contributed by atoms with van der Waals surface area (Å²) in [6, 6.07) is 0. The molecule has 0 rings (SSSR count). The average molecular weight is 157 g/mol. The molecule has 1 atom stereocenters. The van der Waals surface area contributed by atoms with Crippen molar-refractivity contribution >= 4 is 29.2 Å². The van der Waals surface area contributed by atoms with Crippen LogP contribution in [0.2, 0.25) is 0 Å². The van der Waals surface area contributed by atoms with Crippen molar-refractivity contribution in [3.63, 3.8) is 0 Å². The van der Waals surface area contributed by atoms with Crippen molar-refractivity contribution in [3.05, 3.63) is 0 Å². The molecule has 0 saturated heterocycles. The Hall–Kier alpha value is 0.0500. The van der Waals surface area contributed by atoms with Crippen molar-refractivity contribution in [2.24, 2.45) is 0 Å². The van der Waals surface area contributed by atoms with Crippen LogP contribution in [0.3, 0.4) is 0 Å². The number of rotatable bonds is 2. The maximum atomic E-state index is 10.3. The van der Waals surface area contributed by atoms with E-state index in [1.54, 1.807) is 0 Å². The molecule has 2 nitrogen and oxygen atoms in total. The lowest BCUT2D eigenvalue weighted by Crippen LogP contribution is -2.16. The van der Waals surface area contributed by atoms with Crippen LogP contribution in [0.5, 0.6) is 0 Å². The molecule has 0 bridgehead atoms. The first-order valence-electron chi connectivity index (χ1n) is 2.00. The average Bonchev–Trinajstić information content (AvgIpc) is 1.84. The van der Waals surface area contributed by atoms with Gasteiger partial charge in [0.1, 0.15) is 5.38 Å². The van der Waals surface area contributed by atoms with Gasteiger partial charge in [0.25, 0.3) is 0 Å². The Morgan fingerprint density at radius 1 is 1.88 bits per heavy atom. The third-order valence-electron chi connectivity index (χ3n) is 0.592. The van der Waals surface area contributed by atoms with Gasteiger partial charge in [-0.2, -0.15) is 0 Å². The van der Waals surface area contributed by atoms with Crippen LogP contribution in [-0.2, 0) is 9.53 Å². The molecule has 1 unspecified atom stereocenters. The van der Waals surface area contributed by atoms with E-state index in [0.29, 0.717) is 0 Å². The van der Waals surface area contributed by atoms with Gasteiger partial charge in [0.05, 0.1) is 7.11 Å². The quantitative estimate of drug-likeness (QED) is 0.441. The SMILES string of the molecule is COC(=O)C(Cl)CCl. The molecule has 0 aromatic heterocycles. The van der Waals surface area contributed by atoms with Gasteiger partial charge < -0.3 is 4.74 Å². The minimum Gasteiger partial charge on any atom is -0.468 e. The number of carbonyl (C=O) groups excluding carboxylic acids is 1. The summed E-state index contributed by atoms with van der Waals surface area (Å²) in [6.07, 6.45) is 0. The van der Waals surface area contributed by atoms with Gasteiger partial charge in [0.15, 0.2) is 0 Å². The predicted octanol–water partition coefficient (Wildman–Crippen LogP) is 1.01. The zero-order chi connectivity index (χ0) is 6.57. The normalized spacial score (nSPS) is 12.9. The van der Waals surface area contributed by atoms with E-state index in [0.717, 1.165) is 0 Å². The van der Waals surface area contributed by atoms with Gasteiger partial charge >= 0.3 is 5.97 Å². The molecule has 0 aromatic rings. The number of halogens is 2. The molecule has 0 aromatic carbocycles. The van der Waals surface area contributed by atoms with Crippen LogP contribution in [0.25, 0.3) is 0 Å². The van der Waals surface area contributed by atoms with Crippen molar-refractivity contribution in [1.29, 1.82) is 0 Å². The molecule has 0 fully saturated rings. The summed E-state index contributed by atoms with van der Waals surface area (Å²) >= 11 is 10.5. The number of hydrogen-bond acceptors (Lipinski definition) is 2. The minimum absolute atomic E-state index is 0.0915. The Kier molecular flexibility index (Phi) is 4.01. The number of hydrogen-bond donors (Lipinski definition) is 0. The van der Waals surface area contributed by atoms with E-state index < -0.39 is 11.3 Å². The summed E-state index contributed by atoms with van der Waals surface area (Å²) in [5.74, 6) is -0.393. The summed E-state index contributed by atoms with van der Waals surface area (Å²) in [4.78, 5) is 10.3. The lowest BCUT2D eigenvalue weighted by atomic mass is 10.5. The van der Waals surface area contributed by atoms with E-state index in [2.05, 4.69) is 4.74 Å². The van der Waals surface area contributed by atoms with Crippen molar-refractivity contribution < 1.29 is 9.53 Å². The molecule has 48 valence electrons. The number of carbonyl (C=O) groups is 1. The number of ether oxygens (including phenoxy) is 1. The van der Waals surface area contributed by atoms with Crippen molar-refractivity contribution in [2.75, 3.05) is 13.0 Å². The Balaban J connectivity index is 3.46. The smallest absolute Gasteiger partial charge is 0.325 e. The van der Waals surface area contributed by atoms with Crippen LogP contribution >= 0.6 is 23.2 Å². The van der Waals surface area contributed by atoms with Gasteiger partial charge in [-0.25, -0.2) is 0 Å². The number of esters is 1. The second-order valence-corrected chi connectivity index (χ2v) is 1.98. The van der Waals surface area contributed by atoms with Crippen LogP contribution in [0.4, 0.5) is 0 Å². The van der Waals surface area contributed by atoms with Gasteiger partial charge in [0.2, 0.25) is 0 Å². The van der Waals surface area contributed by atoms with Crippen LogP contribution in [-0.4, -0.2) is 24.3 Å². The highest BCUT2D eigenvalue weighted by Gasteiger charge is 2.12. The van der Waals surface area contributed by atoms with Crippen molar-refractivity contribution in [2.45, 2.75) is 5.38 Å². The van der Waals surface area contributed by atoms with Crippen LogP contribution in [0.15, 0.2) is 0 Å². The first-order valence-corrected chi connectivity index (χ1v) is 2.97. The molecule has 0 heterocycles. The lowest BCUT2D eigenvalue weighted by Gasteiger charge is -1.99. The molecule has 0 spiro atoms. The monoisotopic (exact) mass is 156 g/mol. The van der Waals surface area contributed by atoms with Gasteiger partial charge in [0, 0.05) is 5.88 Å². The Bertz CT molecular complexity index is 84.1. The van der Waals surface area contributed by atoms with E-state index in [1.165, 1.54) is 7.11 Å². The molecule has 0 aliphatic rings. The van der Waals surface area contributed by atoms with E-state index in [1.807, 2.05) is 0 Å². The number of alkyl halides is 2. The lowest BCUT2D eigenvalue weighted by molar-refractivity contribution is -0.139. The molecule has 0 radical (unpaired) electrons. The molecule has 8 heavy (non-hydrogen) atoms. The van der Waals surface area contributed by atoms with Gasteiger partial charge in [-0.15, -0.1) is 23.2 Å². The summed E-state index contributed by atoms with van der Waals surface area (Å²) in [5, 5.41) is -0.707. The summed E-state index contributed by atoms with van der Waals surface area (Å²) in [7, 11) is 1.27. The Labute approximate surface area is 57.7 Å². The molecular formula is C4H6Cl2O2. The number of methoxy groups -OCH3 is 1. The highest BCUT2D eigenvalue weighted by atomic mass is 35.5. The Morgan fingerprint density at radius 2 is 2.38 bits per heavy atom. The highest BCUT2D eigenvalue weighted by Crippen LogP contribution is 1.99. The Morgan fingerprint density at radius 3 is 2.50 bits per heavy atom. The standard InChI is InChI=1S/C4H6Cl2O2/c1-8-4(7)3(6)2-5/h3H,2H2,1H3. The van der Waals surface area contributed by atoms with Crippen LogP contribution in [0.1, 0.15) is 0 Å². The van der Waals surface area contributed by atoms with Crippen LogP contribution < -0.4 is 0 Å². The van der Waals surface area contributed by atoms with Crippen molar-refractivity contribution in [1.82, 2.24) is 0 Å². The van der Waals surface area contributed by atoms with E-state index in [9.17, 15) is 4.79 Å². The summed E-state index contributed by atoms with van der Waals surface area (Å²) in [5.41, 5.74) is 0. The fourth-order valence-corrected chi connectivity index (χ4v) is 0.406. The molecule has 0 amide bonds. The van der Waals surface area contributed by atoms with Crippen molar-refractivity contribution in [3.8, 4) is 0 Å². The molecule has 4 heteroatoms. The van der Waals surface area contributed by atoms with E-state index >= 15 is 0 Å². The highest BCUT2D eigenvalue weighted by molar-refractivity contribution is 6.35. The third-order valence-corrected chi connectivity index (χ3v) is 1.39. The summed E-state index contributed by atoms with van der Waals surface area (Å²) < 4.78 is 4.25. The molecule has 0 saturated carbocycles. The van der Waals surface area contributed by atoms with Gasteiger partial charge in [-0.1, -0.05) is 0 Å². The fourth-order valence-electron chi connectivity index (χ4n) is 0.191. The zero-order valence-corrected chi connectivity index (χ0v) is 5.87. The molecule has 0 N–H and O–H groups in total. The predicted molar refractivity (Wildman–Crippen MR) is 32.4 cm³/mol. The molecule has 0 aliphatic carbocycles. The van der Waals surface area contributed by atoms with Gasteiger partial charge in [-0.05, 0) is 0 Å². The first kappa shape index (κ1) is 8.05. The second kappa shape index (κ2) is 3.98. The van der Waals surface area contributed by atoms with Gasteiger partial charge in [-0.3, -0.25) is 4.79 Å². The topological polar surface area (TPSA) is 26.3 Å². The molecular weight excluding hydrogens is 151 g/mol. The van der Waals surface area contributed by atoms with E-state index in [4.69, 9.17) is 23.2 Å². The third kappa shape index (κ3) is 2.38. The molecule has 0 aliphatic heterocycles. The maximum Gasteiger partial charge on any atom is 0.325 e. The maximum absolute atomic E-state index is 10.3.